The van der Waals surface area contributed by atoms with Gasteiger partial charge in [-0.2, -0.15) is 13.7 Å². The lowest BCUT2D eigenvalue weighted by atomic mass is 9.92. The first-order chi connectivity index (χ1) is 50.6. The summed E-state index contributed by atoms with van der Waals surface area (Å²) in [5.41, 5.74) is 27.4. The molecule has 0 radical (unpaired) electrons. The molecule has 0 atom stereocenters. The first-order valence-electron chi connectivity index (χ1n) is 33.7. The van der Waals surface area contributed by atoms with Crippen LogP contribution in [-0.4, -0.2) is 41.2 Å². The number of para-hydroxylation sites is 1. The number of nitrogens with zero attached hydrogens (tertiary/aromatic N) is 4. The third kappa shape index (κ3) is 8.53. The number of aliphatic hydroxyl groups excluding tert-OH is 3. The highest BCUT2D eigenvalue weighted by molar-refractivity contribution is 6.26. The molecule has 0 saturated carbocycles. The van der Waals surface area contributed by atoms with Crippen LogP contribution < -0.4 is 13.7 Å². The first kappa shape index (κ1) is 60.0. The van der Waals surface area contributed by atoms with Crippen LogP contribution in [0.15, 0.2) is 306 Å². The molecular weight excluding hydrogens is 1270 g/mol. The molecule has 0 amide bonds. The molecule has 6 aliphatic rings. The van der Waals surface area contributed by atoms with E-state index in [1.807, 2.05) is 54.6 Å². The predicted octanol–water partition coefficient (Wildman–Crippen LogP) is 20.5. The maximum atomic E-state index is 7.00. The quantitative estimate of drug-likeness (QED) is 0.0890. The lowest BCUT2D eigenvalue weighted by molar-refractivity contribution is -0.543. The molecule has 13 nitrogen and oxygen atoms in total. The molecule has 14 aromatic carbocycles. The Kier molecular flexibility index (Phi) is 13.8. The van der Waals surface area contributed by atoms with Crippen molar-refractivity contribution in [3.63, 3.8) is 0 Å². The fourth-order valence-corrected chi connectivity index (χ4v) is 16.3. The van der Waals surface area contributed by atoms with E-state index in [2.05, 4.69) is 250 Å². The molecule has 0 spiro atoms. The van der Waals surface area contributed by atoms with Crippen molar-refractivity contribution in [2.45, 2.75) is 0 Å². The Bertz CT molecular complexity index is 6620. The summed E-state index contributed by atoms with van der Waals surface area (Å²) in [4.78, 5) is 0. The number of hydrogen-bond acceptors (Lipinski definition) is 9. The molecule has 24 rings (SSSR count). The average Bonchev–Trinajstić information content (AvgIpc) is 0.951. The van der Waals surface area contributed by atoms with Gasteiger partial charge in [-0.3, -0.25) is 0 Å². The van der Waals surface area contributed by atoms with Crippen LogP contribution in [0.1, 0.15) is 0 Å². The molecule has 488 valence electrons. The van der Waals surface area contributed by atoms with Crippen molar-refractivity contribution in [2.75, 3.05) is 21.3 Å². The van der Waals surface area contributed by atoms with Crippen LogP contribution in [0.5, 0.6) is 0 Å². The SMILES string of the molecule is CO.CO.CO.Cn1c(-[n+]2c3cccc4oc5cccc6oc7cccc2c7c(c43)-c56)cc2ccccc21.c1cc2oc3cccc4c3c3c5c(cccc5[n+]4-c4cccc5ccccc45)oc(c1)c2-3.c1cc2oc3cccc4c3c3c5c(cccc5[n+]4-c4cccc5ccccc45)oc(c1)c2-3. The van der Waals surface area contributed by atoms with Gasteiger partial charge in [-0.05, 0) is 114 Å². The van der Waals surface area contributed by atoms with Crippen LogP contribution in [0.3, 0.4) is 0 Å². The summed E-state index contributed by atoms with van der Waals surface area (Å²) in [6.07, 6.45) is 0. The van der Waals surface area contributed by atoms with Crippen molar-refractivity contribution in [3.05, 3.63) is 279 Å². The molecule has 0 aliphatic carbocycles. The highest BCUT2D eigenvalue weighted by Crippen LogP contribution is 2.51. The lowest BCUT2D eigenvalue weighted by Gasteiger charge is -2.20. The van der Waals surface area contributed by atoms with E-state index < -0.39 is 0 Å². The minimum atomic E-state index is 0.848. The van der Waals surface area contributed by atoms with Crippen LogP contribution in [0.4, 0.5) is 0 Å². The number of aryl methyl sites for hydroxylation is 1. The average molecular weight is 1330 g/mol. The molecular formula is C89H61N4O9+3. The van der Waals surface area contributed by atoms with E-state index in [1.165, 1.54) is 49.1 Å². The molecule has 0 saturated heterocycles. The van der Waals surface area contributed by atoms with Crippen molar-refractivity contribution in [1.29, 1.82) is 0 Å². The Balaban J connectivity index is 0.000000102. The van der Waals surface area contributed by atoms with E-state index in [-0.39, 0.29) is 0 Å². The van der Waals surface area contributed by atoms with Crippen molar-refractivity contribution < 1.29 is 55.5 Å². The van der Waals surface area contributed by atoms with E-state index >= 15 is 0 Å². The third-order valence-corrected chi connectivity index (χ3v) is 20.2. The van der Waals surface area contributed by atoms with Crippen molar-refractivity contribution in [2.24, 2.45) is 7.05 Å². The predicted molar refractivity (Wildman–Crippen MR) is 407 cm³/mol. The normalized spacial score (nSPS) is 11.9. The summed E-state index contributed by atoms with van der Waals surface area (Å²) >= 11 is 0. The van der Waals surface area contributed by atoms with Crippen LogP contribution >= 0.6 is 0 Å². The standard InChI is InChI=1S/2C29H16NO2.C28H17N2O2.3CH4O/c2*1-2-9-18-17(7-1)8-3-10-19(18)30-20-11-4-13-22-26(20)29-27-21(30)12-5-14-23(27)32-25-16-6-15-24(31-22)28(25)29;1-29-17-8-3-2-7-16(17)15-24(29)30-18-9-4-11-20-25(18)28-26-19(30)10-5-12-21(26)32-23-14-6-13-22(31-20)27(23)28;3*1-2/h2*1-16H;2-15H,1H3;3*2H,1H3/q3*+1;;;. The molecule has 102 heavy (non-hydrogen) atoms. The van der Waals surface area contributed by atoms with Gasteiger partial charge in [0.1, 0.15) is 83.5 Å². The fourth-order valence-electron chi connectivity index (χ4n) is 16.3. The molecule has 6 aliphatic heterocycles. The number of aromatic nitrogens is 4. The number of fused-ring (bicyclic) bond motifs is 3. The van der Waals surface area contributed by atoms with Gasteiger partial charge < -0.3 is 41.8 Å². The largest absolute Gasteiger partial charge is 0.456 e. The zero-order valence-electron chi connectivity index (χ0n) is 55.6. The van der Waals surface area contributed by atoms with Crippen LogP contribution in [-0.2, 0) is 7.05 Å². The zero-order valence-corrected chi connectivity index (χ0v) is 55.6. The summed E-state index contributed by atoms with van der Waals surface area (Å²) in [5.74, 6) is 1.11. The summed E-state index contributed by atoms with van der Waals surface area (Å²) in [6, 6.07) is 96.9. The molecule has 0 fully saturated rings. The summed E-state index contributed by atoms with van der Waals surface area (Å²) in [7, 11) is 5.13. The monoisotopic (exact) mass is 1330 g/mol. The molecule has 0 bridgehead atoms. The Morgan fingerprint density at radius 1 is 0.235 bits per heavy atom. The Hall–Kier alpha value is -13.2. The fraction of sp³-hybridized carbons (Fsp3) is 0.0449. The van der Waals surface area contributed by atoms with Gasteiger partial charge in [-0.25, -0.2) is 4.57 Å². The van der Waals surface area contributed by atoms with Crippen LogP contribution in [0, 0.1) is 0 Å². The third-order valence-electron chi connectivity index (χ3n) is 20.2. The minimum absolute atomic E-state index is 0.848. The highest BCUT2D eigenvalue weighted by atomic mass is 16.4. The molecule has 3 N–H and O–H groups in total. The molecule has 4 aromatic heterocycles. The summed E-state index contributed by atoms with van der Waals surface area (Å²) < 4.78 is 47.7. The number of hydrogen-bond donors (Lipinski definition) is 3. The van der Waals surface area contributed by atoms with Gasteiger partial charge in [0.2, 0.25) is 33.4 Å². The van der Waals surface area contributed by atoms with E-state index in [1.54, 1.807) is 0 Å². The zero-order chi connectivity index (χ0) is 68.6. The van der Waals surface area contributed by atoms with Crippen molar-refractivity contribution >= 4 is 165 Å². The number of pyridine rings is 3. The second kappa shape index (κ2) is 23.5. The Labute approximate surface area is 579 Å². The number of rotatable bonds is 3. The van der Waals surface area contributed by atoms with Crippen LogP contribution in [0.25, 0.3) is 215 Å². The Morgan fingerprint density at radius 3 is 0.794 bits per heavy atom. The van der Waals surface area contributed by atoms with E-state index in [4.69, 9.17) is 41.8 Å². The van der Waals surface area contributed by atoms with E-state index in [0.717, 1.165) is 188 Å². The first-order valence-corrected chi connectivity index (χ1v) is 33.7. The van der Waals surface area contributed by atoms with Gasteiger partial charge in [0.05, 0.1) is 66.8 Å². The smallest absolute Gasteiger partial charge is 0.287 e. The van der Waals surface area contributed by atoms with Crippen molar-refractivity contribution in [1.82, 2.24) is 4.57 Å². The van der Waals surface area contributed by atoms with Gasteiger partial charge in [0.25, 0.3) is 5.82 Å². The van der Waals surface area contributed by atoms with Crippen molar-refractivity contribution in [3.8, 4) is 50.6 Å². The Morgan fingerprint density at radius 2 is 0.480 bits per heavy atom. The molecule has 0 unspecified atom stereocenters. The highest BCUT2D eigenvalue weighted by Gasteiger charge is 2.36. The molecule has 13 heteroatoms. The summed E-state index contributed by atoms with van der Waals surface area (Å²) in [5, 5.41) is 33.8. The van der Waals surface area contributed by atoms with Gasteiger partial charge >= 0.3 is 0 Å². The van der Waals surface area contributed by atoms with Gasteiger partial charge in [0, 0.05) is 85.9 Å². The summed E-state index contributed by atoms with van der Waals surface area (Å²) in [6.45, 7) is 0. The van der Waals surface area contributed by atoms with Gasteiger partial charge in [0.15, 0.2) is 0 Å². The molecule has 18 aromatic rings. The van der Waals surface area contributed by atoms with Gasteiger partial charge in [-0.1, -0.05) is 133 Å². The number of benzene rings is 14. The van der Waals surface area contributed by atoms with Crippen LogP contribution in [0.2, 0.25) is 0 Å². The number of aliphatic hydroxyl groups is 3. The van der Waals surface area contributed by atoms with Gasteiger partial charge in [-0.15, -0.1) is 0 Å². The lowest BCUT2D eigenvalue weighted by Crippen LogP contribution is -2.35. The maximum absolute atomic E-state index is 7.00. The minimum Gasteiger partial charge on any atom is -0.456 e. The second-order valence-corrected chi connectivity index (χ2v) is 25.2. The maximum Gasteiger partial charge on any atom is 0.287 e. The van der Waals surface area contributed by atoms with E-state index in [0.29, 0.717) is 0 Å². The topological polar surface area (TPSA) is 156 Å². The second-order valence-electron chi connectivity index (χ2n) is 25.2. The van der Waals surface area contributed by atoms with E-state index in [9.17, 15) is 0 Å². The molecule has 10 heterocycles.